The molecular formula is C12H22FNO. The lowest BCUT2D eigenvalue weighted by atomic mass is 9.87. The molecular weight excluding hydrogens is 193 g/mol. The summed E-state index contributed by atoms with van der Waals surface area (Å²) in [4.78, 5) is 2.26. The van der Waals surface area contributed by atoms with Crippen LogP contribution in [0.4, 0.5) is 4.39 Å². The van der Waals surface area contributed by atoms with E-state index in [1.807, 2.05) is 6.92 Å². The Labute approximate surface area is 91.5 Å². The summed E-state index contributed by atoms with van der Waals surface area (Å²) in [6.45, 7) is 6.78. The van der Waals surface area contributed by atoms with Gasteiger partial charge in [0.15, 0.2) is 0 Å². The van der Waals surface area contributed by atoms with Crippen LogP contribution in [0.1, 0.15) is 40.0 Å². The average Bonchev–Trinajstić information content (AvgIpc) is 2.39. The standard InChI is InChI=1S/C12H22FNO/c1-8-5-12(3,15)6-11-4-10(13)7-14(11)9(8)2/h8-11,15H,4-7H2,1-3H3/t8-,9-,10?,11?,12?/m1/s1. The largest absolute Gasteiger partial charge is 0.390 e. The Balaban J connectivity index is 2.19. The highest BCUT2D eigenvalue weighted by atomic mass is 19.1. The van der Waals surface area contributed by atoms with Crippen molar-refractivity contribution in [1.29, 1.82) is 0 Å². The van der Waals surface area contributed by atoms with Gasteiger partial charge in [0, 0.05) is 18.6 Å². The molecule has 3 heteroatoms. The zero-order valence-corrected chi connectivity index (χ0v) is 9.91. The number of hydrogen-bond acceptors (Lipinski definition) is 2. The van der Waals surface area contributed by atoms with Crippen LogP contribution in [0.2, 0.25) is 0 Å². The first-order valence-electron chi connectivity index (χ1n) is 6.01. The molecule has 15 heavy (non-hydrogen) atoms. The van der Waals surface area contributed by atoms with Crippen LogP contribution in [-0.2, 0) is 0 Å². The summed E-state index contributed by atoms with van der Waals surface area (Å²) >= 11 is 0. The predicted octanol–water partition coefficient (Wildman–Crippen LogP) is 1.97. The number of aliphatic hydroxyl groups is 1. The number of fused-ring (bicyclic) bond motifs is 1. The highest BCUT2D eigenvalue weighted by Crippen LogP contribution is 2.38. The monoisotopic (exact) mass is 215 g/mol. The van der Waals surface area contributed by atoms with Gasteiger partial charge in [0.05, 0.1) is 5.60 Å². The average molecular weight is 215 g/mol. The highest BCUT2D eigenvalue weighted by Gasteiger charge is 2.43. The first-order chi connectivity index (χ1) is 6.89. The maximum absolute atomic E-state index is 13.4. The van der Waals surface area contributed by atoms with Crippen molar-refractivity contribution in [3.63, 3.8) is 0 Å². The minimum atomic E-state index is -0.696. The third-order valence-electron chi connectivity index (χ3n) is 4.19. The van der Waals surface area contributed by atoms with E-state index >= 15 is 0 Å². The van der Waals surface area contributed by atoms with Crippen molar-refractivity contribution in [2.45, 2.75) is 63.9 Å². The lowest BCUT2D eigenvalue weighted by Crippen LogP contribution is -2.39. The molecule has 1 N–H and O–H groups in total. The number of rotatable bonds is 0. The minimum Gasteiger partial charge on any atom is -0.390 e. The van der Waals surface area contributed by atoms with Gasteiger partial charge < -0.3 is 5.11 Å². The van der Waals surface area contributed by atoms with Crippen LogP contribution in [0.15, 0.2) is 0 Å². The normalized spacial score (nSPS) is 52.6. The van der Waals surface area contributed by atoms with Crippen molar-refractivity contribution < 1.29 is 9.50 Å². The molecule has 3 unspecified atom stereocenters. The van der Waals surface area contributed by atoms with Crippen molar-refractivity contribution in [3.05, 3.63) is 0 Å². The molecule has 0 amide bonds. The first kappa shape index (κ1) is 11.3. The maximum Gasteiger partial charge on any atom is 0.114 e. The predicted molar refractivity (Wildman–Crippen MR) is 58.5 cm³/mol. The fourth-order valence-electron chi connectivity index (χ4n) is 3.36. The van der Waals surface area contributed by atoms with Crippen LogP contribution < -0.4 is 0 Å². The van der Waals surface area contributed by atoms with Crippen LogP contribution in [0.5, 0.6) is 0 Å². The second-order valence-corrected chi connectivity index (χ2v) is 5.81. The maximum atomic E-state index is 13.4. The lowest BCUT2D eigenvalue weighted by Gasteiger charge is -2.30. The van der Waals surface area contributed by atoms with Crippen molar-refractivity contribution in [2.24, 2.45) is 5.92 Å². The van der Waals surface area contributed by atoms with E-state index in [9.17, 15) is 9.50 Å². The van der Waals surface area contributed by atoms with Gasteiger partial charge in [-0.1, -0.05) is 6.92 Å². The Hall–Kier alpha value is -0.150. The van der Waals surface area contributed by atoms with Crippen molar-refractivity contribution in [1.82, 2.24) is 4.90 Å². The topological polar surface area (TPSA) is 23.5 Å². The van der Waals surface area contributed by atoms with E-state index < -0.39 is 11.8 Å². The molecule has 0 aromatic rings. The molecule has 2 aliphatic rings. The second kappa shape index (κ2) is 3.70. The van der Waals surface area contributed by atoms with Gasteiger partial charge in [-0.15, -0.1) is 0 Å². The Morgan fingerprint density at radius 3 is 2.67 bits per heavy atom. The van der Waals surface area contributed by atoms with Crippen molar-refractivity contribution in [2.75, 3.05) is 6.54 Å². The van der Waals surface area contributed by atoms with Gasteiger partial charge in [0.1, 0.15) is 6.17 Å². The molecule has 0 aromatic carbocycles. The van der Waals surface area contributed by atoms with Crippen LogP contribution in [0.3, 0.4) is 0 Å². The van der Waals surface area contributed by atoms with Crippen LogP contribution in [-0.4, -0.2) is 40.4 Å². The quantitative estimate of drug-likeness (QED) is 0.668. The minimum absolute atomic E-state index is 0.245. The molecule has 2 fully saturated rings. The molecule has 0 bridgehead atoms. The van der Waals surface area contributed by atoms with Gasteiger partial charge in [-0.2, -0.15) is 0 Å². The van der Waals surface area contributed by atoms with Gasteiger partial charge in [-0.05, 0) is 39.0 Å². The third-order valence-corrected chi connectivity index (χ3v) is 4.19. The number of nitrogens with zero attached hydrogens (tertiary/aromatic N) is 1. The molecule has 2 nitrogen and oxygen atoms in total. The summed E-state index contributed by atoms with van der Waals surface area (Å²) in [6.07, 6.45) is 1.46. The molecule has 2 saturated heterocycles. The van der Waals surface area contributed by atoms with E-state index in [0.717, 1.165) is 12.8 Å². The number of hydrogen-bond donors (Lipinski definition) is 1. The molecule has 5 atom stereocenters. The Kier molecular flexibility index (Phi) is 2.80. The fourth-order valence-corrected chi connectivity index (χ4v) is 3.36. The van der Waals surface area contributed by atoms with E-state index in [1.54, 1.807) is 0 Å². The second-order valence-electron chi connectivity index (χ2n) is 5.81. The molecule has 2 heterocycles. The summed E-state index contributed by atoms with van der Waals surface area (Å²) in [6, 6.07) is 0.639. The van der Waals surface area contributed by atoms with E-state index in [-0.39, 0.29) is 6.04 Å². The van der Waals surface area contributed by atoms with E-state index in [0.29, 0.717) is 24.9 Å². The molecule has 88 valence electrons. The Morgan fingerprint density at radius 1 is 1.33 bits per heavy atom. The molecule has 0 aliphatic carbocycles. The zero-order valence-electron chi connectivity index (χ0n) is 9.91. The number of alkyl halides is 1. The molecule has 0 radical (unpaired) electrons. The van der Waals surface area contributed by atoms with Crippen LogP contribution in [0, 0.1) is 5.92 Å². The SMILES string of the molecule is C[C@@H]1CC(C)(O)CC2CC(F)CN2[C@@H]1C. The molecule has 2 aliphatic heterocycles. The van der Waals surface area contributed by atoms with Gasteiger partial charge in [-0.3, -0.25) is 4.90 Å². The summed E-state index contributed by atoms with van der Waals surface area (Å²) in [5.41, 5.74) is -0.614. The summed E-state index contributed by atoms with van der Waals surface area (Å²) in [7, 11) is 0. The molecule has 0 aromatic heterocycles. The summed E-state index contributed by atoms with van der Waals surface area (Å²) < 4.78 is 13.4. The number of halogens is 1. The summed E-state index contributed by atoms with van der Waals surface area (Å²) in [5, 5.41) is 10.2. The lowest BCUT2D eigenvalue weighted by molar-refractivity contribution is 0.0272. The van der Waals surface area contributed by atoms with Crippen LogP contribution in [0.25, 0.3) is 0 Å². The molecule has 0 saturated carbocycles. The van der Waals surface area contributed by atoms with Crippen molar-refractivity contribution in [3.8, 4) is 0 Å². The van der Waals surface area contributed by atoms with Gasteiger partial charge >= 0.3 is 0 Å². The third kappa shape index (κ3) is 2.18. The Bertz CT molecular complexity index is 244. The zero-order chi connectivity index (χ0) is 11.2. The van der Waals surface area contributed by atoms with Crippen LogP contribution >= 0.6 is 0 Å². The van der Waals surface area contributed by atoms with E-state index in [2.05, 4.69) is 18.7 Å². The molecule has 2 rings (SSSR count). The Morgan fingerprint density at radius 2 is 2.00 bits per heavy atom. The fraction of sp³-hybridized carbons (Fsp3) is 1.00. The first-order valence-corrected chi connectivity index (χ1v) is 6.01. The van der Waals surface area contributed by atoms with Gasteiger partial charge in [-0.25, -0.2) is 4.39 Å². The smallest absolute Gasteiger partial charge is 0.114 e. The molecule has 0 spiro atoms. The van der Waals surface area contributed by atoms with E-state index in [4.69, 9.17) is 0 Å². The highest BCUT2D eigenvalue weighted by molar-refractivity contribution is 4.97. The van der Waals surface area contributed by atoms with Gasteiger partial charge in [0.2, 0.25) is 0 Å². The van der Waals surface area contributed by atoms with Gasteiger partial charge in [0.25, 0.3) is 0 Å². The van der Waals surface area contributed by atoms with E-state index in [1.165, 1.54) is 0 Å². The summed E-state index contributed by atoms with van der Waals surface area (Å²) in [5.74, 6) is 0.440. The van der Waals surface area contributed by atoms with Crippen molar-refractivity contribution >= 4 is 0 Å².